The SMILES string of the molecule is CN(C)c1ccc(C(=O)Nc2ccc(-c3nc4ncccc4o3)cc2)cc1. The third kappa shape index (κ3) is 3.50. The van der Waals surface area contributed by atoms with Gasteiger partial charge in [0.05, 0.1) is 0 Å². The molecule has 0 saturated carbocycles. The Hall–Kier alpha value is -3.67. The quantitative estimate of drug-likeness (QED) is 0.592. The van der Waals surface area contributed by atoms with E-state index in [1.807, 2.05) is 73.6 Å². The van der Waals surface area contributed by atoms with E-state index in [0.29, 0.717) is 28.4 Å². The molecule has 0 fully saturated rings. The summed E-state index contributed by atoms with van der Waals surface area (Å²) in [6.07, 6.45) is 1.68. The van der Waals surface area contributed by atoms with Gasteiger partial charge in [-0.3, -0.25) is 4.79 Å². The van der Waals surface area contributed by atoms with E-state index in [-0.39, 0.29) is 5.91 Å². The molecule has 27 heavy (non-hydrogen) atoms. The van der Waals surface area contributed by atoms with Crippen LogP contribution >= 0.6 is 0 Å². The average molecular weight is 358 g/mol. The first kappa shape index (κ1) is 16.8. The van der Waals surface area contributed by atoms with Crippen molar-refractivity contribution in [1.82, 2.24) is 9.97 Å². The Morgan fingerprint density at radius 1 is 1.00 bits per heavy atom. The number of aromatic nitrogens is 2. The monoisotopic (exact) mass is 358 g/mol. The van der Waals surface area contributed by atoms with Crippen LogP contribution in [0, 0.1) is 0 Å². The molecule has 0 atom stereocenters. The summed E-state index contributed by atoms with van der Waals surface area (Å²) < 4.78 is 5.71. The summed E-state index contributed by atoms with van der Waals surface area (Å²) in [5.74, 6) is 0.347. The van der Waals surface area contributed by atoms with Crippen LogP contribution in [0.3, 0.4) is 0 Å². The second-order valence-electron chi connectivity index (χ2n) is 6.32. The molecule has 1 amide bonds. The lowest BCUT2D eigenvalue weighted by Gasteiger charge is -2.12. The van der Waals surface area contributed by atoms with Crippen molar-refractivity contribution in [1.29, 1.82) is 0 Å². The molecule has 4 rings (SSSR count). The molecule has 6 heteroatoms. The van der Waals surface area contributed by atoms with Crippen molar-refractivity contribution in [3.63, 3.8) is 0 Å². The molecular weight excluding hydrogens is 340 g/mol. The zero-order chi connectivity index (χ0) is 18.8. The van der Waals surface area contributed by atoms with E-state index < -0.39 is 0 Å². The maximum atomic E-state index is 12.4. The number of amides is 1. The summed E-state index contributed by atoms with van der Waals surface area (Å²) in [5, 5.41) is 2.90. The number of oxazole rings is 1. The third-order valence-corrected chi connectivity index (χ3v) is 4.20. The number of anilines is 2. The van der Waals surface area contributed by atoms with Gasteiger partial charge in [0, 0.05) is 42.8 Å². The number of pyridine rings is 1. The fourth-order valence-corrected chi connectivity index (χ4v) is 2.70. The zero-order valence-corrected chi connectivity index (χ0v) is 15.0. The van der Waals surface area contributed by atoms with Crippen LogP contribution in [-0.4, -0.2) is 30.0 Å². The van der Waals surface area contributed by atoms with E-state index in [9.17, 15) is 4.79 Å². The fraction of sp³-hybridized carbons (Fsp3) is 0.0952. The van der Waals surface area contributed by atoms with Crippen LogP contribution in [0.2, 0.25) is 0 Å². The Kier molecular flexibility index (Phi) is 4.30. The van der Waals surface area contributed by atoms with Crippen LogP contribution in [0.15, 0.2) is 71.3 Å². The molecule has 0 aliphatic rings. The molecule has 0 aliphatic carbocycles. The van der Waals surface area contributed by atoms with Crippen molar-refractivity contribution in [2.24, 2.45) is 0 Å². The molecule has 4 aromatic rings. The van der Waals surface area contributed by atoms with Crippen LogP contribution < -0.4 is 10.2 Å². The predicted octanol–water partition coefficient (Wildman–Crippen LogP) is 4.21. The lowest BCUT2D eigenvalue weighted by molar-refractivity contribution is 0.102. The van der Waals surface area contributed by atoms with E-state index in [0.717, 1.165) is 11.3 Å². The Morgan fingerprint density at radius 3 is 2.41 bits per heavy atom. The van der Waals surface area contributed by atoms with Crippen molar-refractivity contribution in [3.05, 3.63) is 72.4 Å². The minimum absolute atomic E-state index is 0.154. The Bertz CT molecular complexity index is 1050. The van der Waals surface area contributed by atoms with Gasteiger partial charge in [-0.05, 0) is 60.7 Å². The summed E-state index contributed by atoms with van der Waals surface area (Å²) in [7, 11) is 3.92. The van der Waals surface area contributed by atoms with Gasteiger partial charge in [0.2, 0.25) is 5.89 Å². The highest BCUT2D eigenvalue weighted by Gasteiger charge is 2.10. The average Bonchev–Trinajstić information content (AvgIpc) is 3.13. The number of nitrogens with zero attached hydrogens (tertiary/aromatic N) is 3. The molecule has 0 radical (unpaired) electrons. The first-order chi connectivity index (χ1) is 13.1. The van der Waals surface area contributed by atoms with Gasteiger partial charge < -0.3 is 14.6 Å². The van der Waals surface area contributed by atoms with E-state index in [4.69, 9.17) is 4.42 Å². The number of fused-ring (bicyclic) bond motifs is 1. The van der Waals surface area contributed by atoms with Crippen molar-refractivity contribution in [2.75, 3.05) is 24.3 Å². The molecule has 0 bridgehead atoms. The first-order valence-electron chi connectivity index (χ1n) is 8.51. The molecule has 0 spiro atoms. The van der Waals surface area contributed by atoms with Crippen LogP contribution in [0.5, 0.6) is 0 Å². The van der Waals surface area contributed by atoms with Gasteiger partial charge in [-0.2, -0.15) is 4.98 Å². The maximum absolute atomic E-state index is 12.4. The maximum Gasteiger partial charge on any atom is 0.255 e. The molecule has 0 saturated heterocycles. The molecule has 0 unspecified atom stereocenters. The number of hydrogen-bond acceptors (Lipinski definition) is 5. The normalized spacial score (nSPS) is 10.7. The number of hydrogen-bond donors (Lipinski definition) is 1. The topological polar surface area (TPSA) is 71.3 Å². The van der Waals surface area contributed by atoms with Crippen molar-refractivity contribution in [3.8, 4) is 11.5 Å². The van der Waals surface area contributed by atoms with Crippen LogP contribution in [0.4, 0.5) is 11.4 Å². The second-order valence-corrected chi connectivity index (χ2v) is 6.32. The van der Waals surface area contributed by atoms with Gasteiger partial charge in [0.1, 0.15) is 0 Å². The third-order valence-electron chi connectivity index (χ3n) is 4.20. The molecular formula is C21H18N4O2. The number of rotatable bonds is 4. The van der Waals surface area contributed by atoms with Gasteiger partial charge in [-0.15, -0.1) is 0 Å². The molecule has 2 aromatic carbocycles. The first-order valence-corrected chi connectivity index (χ1v) is 8.51. The van der Waals surface area contributed by atoms with Gasteiger partial charge in [-0.25, -0.2) is 4.98 Å². The highest BCUT2D eigenvalue weighted by molar-refractivity contribution is 6.04. The zero-order valence-electron chi connectivity index (χ0n) is 15.0. The van der Waals surface area contributed by atoms with Crippen molar-refractivity contribution >= 4 is 28.5 Å². The van der Waals surface area contributed by atoms with Gasteiger partial charge in [0.15, 0.2) is 11.2 Å². The summed E-state index contributed by atoms with van der Waals surface area (Å²) >= 11 is 0. The fourth-order valence-electron chi connectivity index (χ4n) is 2.70. The van der Waals surface area contributed by atoms with Crippen molar-refractivity contribution in [2.45, 2.75) is 0 Å². The van der Waals surface area contributed by atoms with Crippen LogP contribution in [0.1, 0.15) is 10.4 Å². The molecule has 2 heterocycles. The molecule has 6 nitrogen and oxygen atoms in total. The van der Waals surface area contributed by atoms with E-state index in [2.05, 4.69) is 15.3 Å². The minimum Gasteiger partial charge on any atom is -0.434 e. The summed E-state index contributed by atoms with van der Waals surface area (Å²) in [5.41, 5.74) is 4.39. The van der Waals surface area contributed by atoms with E-state index in [1.54, 1.807) is 12.3 Å². The van der Waals surface area contributed by atoms with Crippen LogP contribution in [0.25, 0.3) is 22.7 Å². The highest BCUT2D eigenvalue weighted by atomic mass is 16.3. The molecule has 0 aliphatic heterocycles. The molecule has 1 N–H and O–H groups in total. The van der Waals surface area contributed by atoms with Gasteiger partial charge in [0.25, 0.3) is 5.91 Å². The Morgan fingerprint density at radius 2 is 1.74 bits per heavy atom. The van der Waals surface area contributed by atoms with Crippen molar-refractivity contribution < 1.29 is 9.21 Å². The Balaban J connectivity index is 1.49. The molecule has 2 aromatic heterocycles. The predicted molar refractivity (Wildman–Crippen MR) is 106 cm³/mol. The minimum atomic E-state index is -0.154. The standard InChI is InChI=1S/C21H18N4O2/c1-25(2)17-11-7-14(8-12-17)20(26)23-16-9-5-15(6-10-16)21-24-19-18(27-21)4-3-13-22-19/h3-13H,1-2H3,(H,23,26). The smallest absolute Gasteiger partial charge is 0.255 e. The Labute approximate surface area is 156 Å². The number of benzene rings is 2. The van der Waals surface area contributed by atoms with E-state index in [1.165, 1.54) is 0 Å². The lowest BCUT2D eigenvalue weighted by Crippen LogP contribution is -2.13. The number of carbonyl (C=O) groups is 1. The summed E-state index contributed by atoms with van der Waals surface area (Å²) in [4.78, 5) is 22.9. The number of carbonyl (C=O) groups excluding carboxylic acids is 1. The van der Waals surface area contributed by atoms with Gasteiger partial charge >= 0.3 is 0 Å². The summed E-state index contributed by atoms with van der Waals surface area (Å²) in [6.45, 7) is 0. The lowest BCUT2D eigenvalue weighted by atomic mass is 10.1. The van der Waals surface area contributed by atoms with Crippen LogP contribution in [-0.2, 0) is 0 Å². The number of nitrogens with one attached hydrogen (secondary N) is 1. The molecule has 134 valence electrons. The summed E-state index contributed by atoms with van der Waals surface area (Å²) in [6, 6.07) is 18.4. The second kappa shape index (κ2) is 6.92. The highest BCUT2D eigenvalue weighted by Crippen LogP contribution is 2.24. The van der Waals surface area contributed by atoms with E-state index >= 15 is 0 Å². The largest absolute Gasteiger partial charge is 0.434 e. The van der Waals surface area contributed by atoms with Gasteiger partial charge in [-0.1, -0.05) is 0 Å².